The molecule has 1 aromatic rings. The summed E-state index contributed by atoms with van der Waals surface area (Å²) in [6.07, 6.45) is 1.06. The number of nitrogens with zero attached hydrogens (tertiary/aromatic N) is 2. The summed E-state index contributed by atoms with van der Waals surface area (Å²) in [6.45, 7) is 0. The zero-order valence-electron chi connectivity index (χ0n) is 8.53. The Bertz CT molecular complexity index is 373. The van der Waals surface area contributed by atoms with Crippen molar-refractivity contribution in [3.8, 4) is 12.1 Å². The molecule has 0 aromatic heterocycles. The van der Waals surface area contributed by atoms with Gasteiger partial charge in [-0.25, -0.2) is 0 Å². The van der Waals surface area contributed by atoms with Gasteiger partial charge < -0.3 is 0 Å². The predicted molar refractivity (Wildman–Crippen MR) is 64.4 cm³/mol. The smallest absolute Gasteiger partial charge is 0.124 e. The number of nitriles is 2. The molecule has 0 N–H and O–H groups in total. The molecule has 0 fully saturated rings. The van der Waals surface area contributed by atoms with E-state index >= 15 is 0 Å². The van der Waals surface area contributed by atoms with E-state index < -0.39 is 10.8 Å². The number of hydrogen-bond donors (Lipinski definition) is 0. The Morgan fingerprint density at radius 2 is 1.19 bits per heavy atom. The standard InChI is InChI=1S/C12H10Cl2N2/c13-11(7-15)5-9-1-2-10(4-3-9)6-12(14)8-16/h1-4,11-12H,5-6H2/t11-,12-/m1/s1. The van der Waals surface area contributed by atoms with Crippen molar-refractivity contribution in [3.05, 3.63) is 35.4 Å². The molecule has 0 saturated heterocycles. The largest absolute Gasteiger partial charge is 0.197 e. The van der Waals surface area contributed by atoms with Gasteiger partial charge in [0.1, 0.15) is 10.8 Å². The summed E-state index contributed by atoms with van der Waals surface area (Å²) in [7, 11) is 0. The van der Waals surface area contributed by atoms with Crippen molar-refractivity contribution < 1.29 is 0 Å². The highest BCUT2D eigenvalue weighted by Crippen LogP contribution is 2.12. The molecule has 0 heterocycles. The summed E-state index contributed by atoms with van der Waals surface area (Å²) in [5.74, 6) is 0. The highest BCUT2D eigenvalue weighted by Gasteiger charge is 2.06. The number of alkyl halides is 2. The van der Waals surface area contributed by atoms with Gasteiger partial charge in [-0.3, -0.25) is 0 Å². The van der Waals surface area contributed by atoms with Crippen LogP contribution in [0.4, 0.5) is 0 Å². The molecule has 4 heteroatoms. The van der Waals surface area contributed by atoms with Crippen molar-refractivity contribution in [2.24, 2.45) is 0 Å². The molecule has 0 aliphatic heterocycles. The van der Waals surface area contributed by atoms with Gasteiger partial charge in [0.2, 0.25) is 0 Å². The lowest BCUT2D eigenvalue weighted by molar-refractivity contribution is 0.993. The van der Waals surface area contributed by atoms with E-state index in [0.717, 1.165) is 11.1 Å². The third kappa shape index (κ3) is 4.11. The van der Waals surface area contributed by atoms with E-state index in [4.69, 9.17) is 33.7 Å². The highest BCUT2D eigenvalue weighted by molar-refractivity contribution is 6.22. The van der Waals surface area contributed by atoms with Crippen molar-refractivity contribution >= 4 is 23.2 Å². The molecule has 0 aliphatic rings. The SMILES string of the molecule is N#C[C@H](Cl)Cc1ccc(C[C@@H](Cl)C#N)cc1. The number of benzene rings is 1. The normalized spacial score (nSPS) is 13.5. The first kappa shape index (κ1) is 12.8. The second-order valence-electron chi connectivity index (χ2n) is 3.42. The Kier molecular flexibility index (Phi) is 5.12. The number of hydrogen-bond acceptors (Lipinski definition) is 2. The second kappa shape index (κ2) is 6.38. The van der Waals surface area contributed by atoms with E-state index in [1.165, 1.54) is 0 Å². The Balaban J connectivity index is 2.62. The van der Waals surface area contributed by atoms with Crippen LogP contribution in [0.25, 0.3) is 0 Å². The molecule has 16 heavy (non-hydrogen) atoms. The lowest BCUT2D eigenvalue weighted by Crippen LogP contribution is -2.01. The first-order valence-electron chi connectivity index (χ1n) is 4.81. The molecular formula is C12H10Cl2N2. The van der Waals surface area contributed by atoms with Crippen LogP contribution in [0.1, 0.15) is 11.1 Å². The minimum Gasteiger partial charge on any atom is -0.197 e. The first-order chi connectivity index (χ1) is 7.65. The maximum Gasteiger partial charge on any atom is 0.124 e. The fourth-order valence-electron chi connectivity index (χ4n) is 1.32. The van der Waals surface area contributed by atoms with Gasteiger partial charge in [-0.1, -0.05) is 24.3 Å². The lowest BCUT2D eigenvalue weighted by atomic mass is 10.0. The topological polar surface area (TPSA) is 47.6 Å². The zero-order chi connectivity index (χ0) is 12.0. The summed E-state index contributed by atoms with van der Waals surface area (Å²) < 4.78 is 0. The van der Waals surface area contributed by atoms with Crippen LogP contribution in [0.3, 0.4) is 0 Å². The maximum atomic E-state index is 8.57. The van der Waals surface area contributed by atoms with Crippen molar-refractivity contribution in [1.29, 1.82) is 10.5 Å². The Morgan fingerprint density at radius 1 is 0.875 bits per heavy atom. The Morgan fingerprint density at radius 3 is 1.44 bits per heavy atom. The lowest BCUT2D eigenvalue weighted by Gasteiger charge is -2.04. The summed E-state index contributed by atoms with van der Waals surface area (Å²) >= 11 is 11.4. The van der Waals surface area contributed by atoms with Crippen LogP contribution in [-0.4, -0.2) is 10.8 Å². The molecule has 2 nitrogen and oxygen atoms in total. The van der Waals surface area contributed by atoms with E-state index in [1.54, 1.807) is 0 Å². The van der Waals surface area contributed by atoms with E-state index in [9.17, 15) is 0 Å². The van der Waals surface area contributed by atoms with Gasteiger partial charge in [-0.05, 0) is 11.1 Å². The van der Waals surface area contributed by atoms with Crippen LogP contribution in [0.15, 0.2) is 24.3 Å². The van der Waals surface area contributed by atoms with Gasteiger partial charge in [0.15, 0.2) is 0 Å². The monoisotopic (exact) mass is 252 g/mol. The van der Waals surface area contributed by atoms with Crippen LogP contribution < -0.4 is 0 Å². The third-order valence-electron chi connectivity index (χ3n) is 2.13. The molecule has 0 aliphatic carbocycles. The number of rotatable bonds is 4. The van der Waals surface area contributed by atoms with Crippen LogP contribution in [0.5, 0.6) is 0 Å². The van der Waals surface area contributed by atoms with E-state index in [-0.39, 0.29) is 0 Å². The average Bonchev–Trinajstić information content (AvgIpc) is 2.31. The van der Waals surface area contributed by atoms with Gasteiger partial charge in [-0.15, -0.1) is 23.2 Å². The van der Waals surface area contributed by atoms with Crippen molar-refractivity contribution in [2.75, 3.05) is 0 Å². The minimum absolute atomic E-state index is 0.495. The molecule has 0 amide bonds. The average molecular weight is 253 g/mol. The van der Waals surface area contributed by atoms with Gasteiger partial charge in [0.05, 0.1) is 12.1 Å². The van der Waals surface area contributed by atoms with Crippen LogP contribution >= 0.6 is 23.2 Å². The van der Waals surface area contributed by atoms with Crippen LogP contribution in [0.2, 0.25) is 0 Å². The zero-order valence-corrected chi connectivity index (χ0v) is 10.0. The van der Waals surface area contributed by atoms with Gasteiger partial charge in [-0.2, -0.15) is 10.5 Å². The molecular weight excluding hydrogens is 243 g/mol. The molecule has 82 valence electrons. The summed E-state index contributed by atoms with van der Waals surface area (Å²) in [5, 5.41) is 16.1. The fourth-order valence-corrected chi connectivity index (χ4v) is 1.67. The van der Waals surface area contributed by atoms with Gasteiger partial charge in [0, 0.05) is 12.8 Å². The molecule has 1 rings (SSSR count). The maximum absolute atomic E-state index is 8.57. The van der Waals surface area contributed by atoms with E-state index in [0.29, 0.717) is 12.8 Å². The first-order valence-corrected chi connectivity index (χ1v) is 5.68. The quantitative estimate of drug-likeness (QED) is 0.774. The van der Waals surface area contributed by atoms with Crippen molar-refractivity contribution in [3.63, 3.8) is 0 Å². The summed E-state index contributed by atoms with van der Waals surface area (Å²) in [5.41, 5.74) is 2.02. The van der Waals surface area contributed by atoms with Gasteiger partial charge in [0.25, 0.3) is 0 Å². The Labute approximate surface area is 105 Å². The Hall–Kier alpha value is -1.22. The van der Waals surface area contributed by atoms with Crippen molar-refractivity contribution in [1.82, 2.24) is 0 Å². The molecule has 0 bridgehead atoms. The molecule has 0 saturated carbocycles. The number of halogens is 2. The van der Waals surface area contributed by atoms with Crippen LogP contribution in [-0.2, 0) is 12.8 Å². The minimum atomic E-state index is -0.495. The predicted octanol–water partition coefficient (Wildman–Crippen LogP) is 3.03. The molecule has 2 atom stereocenters. The van der Waals surface area contributed by atoms with E-state index in [2.05, 4.69) is 0 Å². The van der Waals surface area contributed by atoms with Gasteiger partial charge >= 0.3 is 0 Å². The molecule has 0 spiro atoms. The fraction of sp³-hybridized carbons (Fsp3) is 0.333. The second-order valence-corrected chi connectivity index (χ2v) is 4.47. The summed E-state index contributed by atoms with van der Waals surface area (Å²) in [6, 6.07) is 11.6. The molecule has 0 unspecified atom stereocenters. The molecule has 0 radical (unpaired) electrons. The highest BCUT2D eigenvalue weighted by atomic mass is 35.5. The van der Waals surface area contributed by atoms with Crippen molar-refractivity contribution in [2.45, 2.75) is 23.6 Å². The molecule has 1 aromatic carbocycles. The van der Waals surface area contributed by atoms with E-state index in [1.807, 2.05) is 36.4 Å². The summed E-state index contributed by atoms with van der Waals surface area (Å²) in [4.78, 5) is 0. The third-order valence-corrected chi connectivity index (χ3v) is 2.64. The van der Waals surface area contributed by atoms with Crippen LogP contribution in [0, 0.1) is 22.7 Å².